The van der Waals surface area contributed by atoms with Crippen molar-refractivity contribution in [1.29, 1.82) is 0 Å². The van der Waals surface area contributed by atoms with Crippen molar-refractivity contribution in [3.63, 3.8) is 0 Å². The molecule has 0 aliphatic carbocycles. The van der Waals surface area contributed by atoms with Crippen LogP contribution in [0.2, 0.25) is 0 Å². The highest BCUT2D eigenvalue weighted by Gasteiger charge is 2.32. The maximum atomic E-state index is 11.5. The van der Waals surface area contributed by atoms with Gasteiger partial charge in [-0.05, 0) is 18.2 Å². The van der Waals surface area contributed by atoms with Crippen molar-refractivity contribution in [2.45, 2.75) is 11.7 Å². The Morgan fingerprint density at radius 1 is 1.46 bits per heavy atom. The molecule has 1 fully saturated rings. The van der Waals surface area contributed by atoms with E-state index in [-0.39, 0.29) is 17.3 Å². The van der Waals surface area contributed by atoms with E-state index in [9.17, 15) is 19.7 Å². The number of nitro groups is 1. The van der Waals surface area contributed by atoms with Crippen LogP contribution in [0.15, 0.2) is 40.5 Å². The Labute approximate surface area is 140 Å². The van der Waals surface area contributed by atoms with Gasteiger partial charge >= 0.3 is 5.97 Å². The van der Waals surface area contributed by atoms with Gasteiger partial charge in [0.05, 0.1) is 16.9 Å². The number of amides is 1. The number of hydrogen-bond acceptors (Lipinski definition) is 7. The van der Waals surface area contributed by atoms with E-state index in [1.165, 1.54) is 24.4 Å². The van der Waals surface area contributed by atoms with Gasteiger partial charge in [0.15, 0.2) is 5.17 Å². The first-order valence-electron chi connectivity index (χ1n) is 6.68. The second kappa shape index (κ2) is 8.02. The van der Waals surface area contributed by atoms with Crippen LogP contribution < -0.4 is 5.32 Å². The summed E-state index contributed by atoms with van der Waals surface area (Å²) in [7, 11) is 0. The van der Waals surface area contributed by atoms with E-state index in [0.717, 1.165) is 11.8 Å². The van der Waals surface area contributed by atoms with Gasteiger partial charge in [0.1, 0.15) is 5.25 Å². The second-order valence-electron chi connectivity index (χ2n) is 4.54. The van der Waals surface area contributed by atoms with Crippen LogP contribution in [0, 0.1) is 10.1 Å². The Kier molecular flexibility index (Phi) is 5.79. The van der Waals surface area contributed by atoms with Crippen molar-refractivity contribution < 1.29 is 19.6 Å². The number of carboxylic acids is 1. The number of benzene rings is 1. The molecule has 0 unspecified atom stereocenters. The first-order valence-corrected chi connectivity index (χ1v) is 7.56. The number of allylic oxidation sites excluding steroid dienone is 1. The van der Waals surface area contributed by atoms with E-state index < -0.39 is 22.0 Å². The summed E-state index contributed by atoms with van der Waals surface area (Å²) in [5.74, 6) is -1.49. The van der Waals surface area contributed by atoms with E-state index in [0.29, 0.717) is 5.56 Å². The summed E-state index contributed by atoms with van der Waals surface area (Å²) < 4.78 is 0. The van der Waals surface area contributed by atoms with Crippen LogP contribution in [0.4, 0.5) is 5.69 Å². The number of nitrogens with one attached hydrogen (secondary N) is 1. The normalized spacial score (nSPS) is 19.2. The summed E-state index contributed by atoms with van der Waals surface area (Å²) in [5.41, 5.74) is 0.398. The number of hydrogen-bond donors (Lipinski definition) is 2. The lowest BCUT2D eigenvalue weighted by Crippen LogP contribution is -2.26. The van der Waals surface area contributed by atoms with E-state index in [1.807, 2.05) is 0 Å². The lowest BCUT2D eigenvalue weighted by molar-refractivity contribution is -0.385. The Balaban J connectivity index is 1.97. The number of amidine groups is 1. The van der Waals surface area contributed by atoms with Crippen LogP contribution in [-0.2, 0) is 9.59 Å². The molecule has 10 heteroatoms. The molecule has 2 N–H and O–H groups in total. The van der Waals surface area contributed by atoms with Gasteiger partial charge in [0, 0.05) is 12.3 Å². The SMILES string of the molecule is O=C(O)C[C@@H]1SC(=N/N=C/C=C/c2ccccc2[N+](=O)[O-])NC1=O. The van der Waals surface area contributed by atoms with Gasteiger partial charge in [-0.2, -0.15) is 5.10 Å². The smallest absolute Gasteiger partial charge is 0.305 e. The molecule has 1 aliphatic rings. The molecule has 1 heterocycles. The zero-order chi connectivity index (χ0) is 17.5. The molecule has 1 aromatic rings. The fourth-order valence-electron chi connectivity index (χ4n) is 1.81. The molecule has 1 atom stereocenters. The van der Waals surface area contributed by atoms with Gasteiger partial charge in [-0.3, -0.25) is 19.7 Å². The van der Waals surface area contributed by atoms with Gasteiger partial charge in [0.2, 0.25) is 5.91 Å². The van der Waals surface area contributed by atoms with E-state index in [1.54, 1.807) is 18.2 Å². The Morgan fingerprint density at radius 2 is 2.21 bits per heavy atom. The highest BCUT2D eigenvalue weighted by Crippen LogP contribution is 2.22. The average Bonchev–Trinajstić information content (AvgIpc) is 2.86. The van der Waals surface area contributed by atoms with Crippen LogP contribution in [0.1, 0.15) is 12.0 Å². The zero-order valence-electron chi connectivity index (χ0n) is 12.2. The number of carbonyl (C=O) groups is 2. The van der Waals surface area contributed by atoms with Crippen molar-refractivity contribution >= 4 is 46.8 Å². The number of aliphatic carboxylic acids is 1. The fraction of sp³-hybridized carbons (Fsp3) is 0.143. The molecule has 0 spiro atoms. The molecule has 24 heavy (non-hydrogen) atoms. The van der Waals surface area contributed by atoms with Crippen LogP contribution in [0.25, 0.3) is 6.08 Å². The molecule has 9 nitrogen and oxygen atoms in total. The predicted octanol–water partition coefficient (Wildman–Crippen LogP) is 1.66. The predicted molar refractivity (Wildman–Crippen MR) is 89.8 cm³/mol. The third kappa shape index (κ3) is 4.74. The number of thioether (sulfide) groups is 1. The number of carbonyl (C=O) groups excluding carboxylic acids is 1. The topological polar surface area (TPSA) is 134 Å². The molecule has 1 saturated heterocycles. The molecule has 1 amide bonds. The quantitative estimate of drug-likeness (QED) is 0.456. The molecule has 124 valence electrons. The highest BCUT2D eigenvalue weighted by molar-refractivity contribution is 8.15. The molecule has 1 aromatic carbocycles. The highest BCUT2D eigenvalue weighted by atomic mass is 32.2. The third-order valence-corrected chi connectivity index (χ3v) is 3.92. The van der Waals surface area contributed by atoms with Gasteiger partial charge in [-0.15, -0.1) is 5.10 Å². The van der Waals surface area contributed by atoms with Crippen molar-refractivity contribution in [2.75, 3.05) is 0 Å². The van der Waals surface area contributed by atoms with Crippen molar-refractivity contribution in [2.24, 2.45) is 10.2 Å². The zero-order valence-corrected chi connectivity index (χ0v) is 13.0. The summed E-state index contributed by atoms with van der Waals surface area (Å²) in [6.07, 6.45) is 4.00. The van der Waals surface area contributed by atoms with Gasteiger partial charge in [-0.1, -0.05) is 23.9 Å². The average molecular weight is 348 g/mol. The number of para-hydroxylation sites is 1. The first kappa shape index (κ1) is 17.3. The van der Waals surface area contributed by atoms with E-state index in [2.05, 4.69) is 15.5 Å². The summed E-state index contributed by atoms with van der Waals surface area (Å²) in [4.78, 5) is 32.5. The van der Waals surface area contributed by atoms with Crippen LogP contribution in [-0.4, -0.2) is 38.5 Å². The number of carboxylic acid groups (broad SMARTS) is 1. The van der Waals surface area contributed by atoms with Crippen LogP contribution >= 0.6 is 11.8 Å². The summed E-state index contributed by atoms with van der Waals surface area (Å²) >= 11 is 0.989. The van der Waals surface area contributed by atoms with Crippen molar-refractivity contribution in [1.82, 2.24) is 5.32 Å². The number of rotatable bonds is 6. The summed E-state index contributed by atoms with van der Waals surface area (Å²) in [5, 5.41) is 28.9. The molecule has 1 aliphatic heterocycles. The molecule has 0 aromatic heterocycles. The van der Waals surface area contributed by atoms with Gasteiger partial charge in [-0.25, -0.2) is 0 Å². The van der Waals surface area contributed by atoms with E-state index in [4.69, 9.17) is 5.11 Å². The molecule has 0 radical (unpaired) electrons. The number of nitrogens with zero attached hydrogens (tertiary/aromatic N) is 3. The van der Waals surface area contributed by atoms with Crippen molar-refractivity contribution in [3.8, 4) is 0 Å². The Hall–Kier alpha value is -3.01. The van der Waals surface area contributed by atoms with Crippen LogP contribution in [0.3, 0.4) is 0 Å². The Bertz CT molecular complexity index is 759. The summed E-state index contributed by atoms with van der Waals surface area (Å²) in [6, 6.07) is 6.24. The third-order valence-electron chi connectivity index (χ3n) is 2.85. The standard InChI is InChI=1S/C14H12N4O5S/c19-12(20)8-11-13(21)16-14(24-11)17-15-7-3-5-9-4-1-2-6-10(9)18(22)23/h1-7,11H,8H2,(H,19,20)(H,16,17,21)/b5-3+,15-7+/t11-/m0/s1. The number of nitro benzene ring substituents is 1. The van der Waals surface area contributed by atoms with Crippen LogP contribution in [0.5, 0.6) is 0 Å². The molecular formula is C14H12N4O5S. The lowest BCUT2D eigenvalue weighted by atomic mass is 10.2. The molecule has 0 bridgehead atoms. The first-order chi connectivity index (χ1) is 11.5. The fourth-order valence-corrected chi connectivity index (χ4v) is 2.73. The lowest BCUT2D eigenvalue weighted by Gasteiger charge is -1.97. The summed E-state index contributed by atoms with van der Waals surface area (Å²) in [6.45, 7) is 0. The molecule has 2 rings (SSSR count). The largest absolute Gasteiger partial charge is 0.481 e. The Morgan fingerprint density at radius 3 is 2.92 bits per heavy atom. The van der Waals surface area contributed by atoms with Gasteiger partial charge < -0.3 is 10.4 Å². The molecular weight excluding hydrogens is 336 g/mol. The maximum Gasteiger partial charge on any atom is 0.305 e. The minimum Gasteiger partial charge on any atom is -0.481 e. The maximum absolute atomic E-state index is 11.5. The van der Waals surface area contributed by atoms with Crippen molar-refractivity contribution in [3.05, 3.63) is 46.0 Å². The minimum atomic E-state index is -1.07. The van der Waals surface area contributed by atoms with E-state index >= 15 is 0 Å². The monoisotopic (exact) mass is 348 g/mol. The molecule has 0 saturated carbocycles. The van der Waals surface area contributed by atoms with Gasteiger partial charge in [0.25, 0.3) is 5.69 Å². The second-order valence-corrected chi connectivity index (χ2v) is 5.73. The minimum absolute atomic E-state index is 0.0245.